The van der Waals surface area contributed by atoms with E-state index in [4.69, 9.17) is 5.73 Å². The average Bonchev–Trinajstić information content (AvgIpc) is 2.77. The maximum atomic E-state index is 12.2. The van der Waals surface area contributed by atoms with Crippen LogP contribution < -0.4 is 11.1 Å². The summed E-state index contributed by atoms with van der Waals surface area (Å²) in [6, 6.07) is 7.85. The summed E-state index contributed by atoms with van der Waals surface area (Å²) in [6.07, 6.45) is 3.45. The van der Waals surface area contributed by atoms with E-state index in [9.17, 15) is 4.79 Å². The van der Waals surface area contributed by atoms with Gasteiger partial charge in [0.15, 0.2) is 0 Å². The van der Waals surface area contributed by atoms with Gasteiger partial charge in [0.1, 0.15) is 0 Å². The summed E-state index contributed by atoms with van der Waals surface area (Å²) in [5.41, 5.74) is 8.93. The molecule has 0 aliphatic rings. The summed E-state index contributed by atoms with van der Waals surface area (Å²) in [4.78, 5) is 12.2. The van der Waals surface area contributed by atoms with Gasteiger partial charge >= 0.3 is 0 Å². The van der Waals surface area contributed by atoms with Gasteiger partial charge in [-0.15, -0.1) is 0 Å². The number of aromatic nitrogens is 2. The fourth-order valence-corrected chi connectivity index (χ4v) is 2.03. The van der Waals surface area contributed by atoms with E-state index in [0.717, 1.165) is 24.2 Å². The quantitative estimate of drug-likeness (QED) is 0.872. The highest BCUT2D eigenvalue weighted by Crippen LogP contribution is 2.14. The number of hydrogen-bond donors (Lipinski definition) is 2. The van der Waals surface area contributed by atoms with Gasteiger partial charge in [-0.25, -0.2) is 0 Å². The van der Waals surface area contributed by atoms with Crippen molar-refractivity contribution in [3.05, 3.63) is 47.3 Å². The molecule has 5 nitrogen and oxygen atoms in total. The van der Waals surface area contributed by atoms with Gasteiger partial charge in [-0.1, -0.05) is 12.1 Å². The Kier molecular flexibility index (Phi) is 4.53. The second kappa shape index (κ2) is 6.34. The van der Waals surface area contributed by atoms with Crippen molar-refractivity contribution < 1.29 is 4.79 Å². The molecule has 3 N–H and O–H groups in total. The Bertz CT molecular complexity index is 604. The first-order valence-electron chi connectivity index (χ1n) is 6.70. The molecule has 5 heteroatoms. The first-order chi connectivity index (χ1) is 9.61. The van der Waals surface area contributed by atoms with Crippen molar-refractivity contribution >= 4 is 11.6 Å². The number of aryl methyl sites for hydroxylation is 2. The first kappa shape index (κ1) is 14.3. The minimum Gasteiger partial charge on any atom is -0.330 e. The van der Waals surface area contributed by atoms with Crippen LogP contribution in [-0.4, -0.2) is 22.2 Å². The Balaban J connectivity index is 2.09. The van der Waals surface area contributed by atoms with E-state index < -0.39 is 0 Å². The smallest absolute Gasteiger partial charge is 0.259 e. The molecule has 0 aliphatic carbocycles. The first-order valence-corrected chi connectivity index (χ1v) is 6.70. The second-order valence-electron chi connectivity index (χ2n) is 4.81. The molecule has 0 saturated carbocycles. The molecule has 0 saturated heterocycles. The number of amides is 1. The lowest BCUT2D eigenvalue weighted by Gasteiger charge is -2.07. The van der Waals surface area contributed by atoms with Crippen LogP contribution in [-0.2, 0) is 13.5 Å². The van der Waals surface area contributed by atoms with Gasteiger partial charge in [0, 0.05) is 18.4 Å². The Morgan fingerprint density at radius 3 is 2.90 bits per heavy atom. The number of nitrogens with one attached hydrogen (secondary N) is 1. The van der Waals surface area contributed by atoms with Crippen LogP contribution in [0.15, 0.2) is 30.5 Å². The molecule has 0 atom stereocenters. The van der Waals surface area contributed by atoms with Gasteiger partial charge in [0.2, 0.25) is 0 Å². The van der Waals surface area contributed by atoms with Crippen LogP contribution in [0.4, 0.5) is 5.69 Å². The van der Waals surface area contributed by atoms with Crippen molar-refractivity contribution in [2.75, 3.05) is 11.9 Å². The molecule has 0 fully saturated rings. The average molecular weight is 272 g/mol. The molecule has 2 rings (SSSR count). The molecule has 106 valence electrons. The van der Waals surface area contributed by atoms with E-state index in [1.807, 2.05) is 38.2 Å². The van der Waals surface area contributed by atoms with Gasteiger partial charge in [-0.05, 0) is 44.0 Å². The summed E-state index contributed by atoms with van der Waals surface area (Å²) >= 11 is 0. The molecule has 20 heavy (non-hydrogen) atoms. The van der Waals surface area contributed by atoms with Gasteiger partial charge in [-0.3, -0.25) is 9.48 Å². The summed E-state index contributed by atoms with van der Waals surface area (Å²) in [7, 11) is 1.82. The highest BCUT2D eigenvalue weighted by atomic mass is 16.1. The van der Waals surface area contributed by atoms with E-state index >= 15 is 0 Å². The third-order valence-electron chi connectivity index (χ3n) is 3.33. The third-order valence-corrected chi connectivity index (χ3v) is 3.33. The zero-order valence-electron chi connectivity index (χ0n) is 11.9. The summed E-state index contributed by atoms with van der Waals surface area (Å²) in [5, 5.41) is 6.98. The Hall–Kier alpha value is -2.14. The molecule has 0 unspecified atom stereocenters. The lowest BCUT2D eigenvalue weighted by Crippen LogP contribution is -2.13. The lowest BCUT2D eigenvalue weighted by molar-refractivity contribution is 0.102. The summed E-state index contributed by atoms with van der Waals surface area (Å²) in [6.45, 7) is 2.55. The topological polar surface area (TPSA) is 72.9 Å². The van der Waals surface area contributed by atoms with E-state index in [-0.39, 0.29) is 5.91 Å². The predicted octanol–water partition coefficient (Wildman–Crippen LogP) is 1.87. The minimum atomic E-state index is -0.133. The molecular formula is C15H20N4O. The minimum absolute atomic E-state index is 0.133. The Morgan fingerprint density at radius 1 is 1.45 bits per heavy atom. The van der Waals surface area contributed by atoms with Crippen LogP contribution in [0, 0.1) is 6.92 Å². The molecule has 0 spiro atoms. The van der Waals surface area contributed by atoms with E-state index in [2.05, 4.69) is 10.4 Å². The summed E-state index contributed by atoms with van der Waals surface area (Å²) in [5.74, 6) is -0.133. The normalized spacial score (nSPS) is 10.6. The SMILES string of the molecule is Cc1c(C(=O)Nc2cccc(CCCN)c2)cnn1C. The number of carbonyl (C=O) groups excluding carboxylic acids is 1. The fourth-order valence-electron chi connectivity index (χ4n) is 2.03. The van der Waals surface area contributed by atoms with Crippen LogP contribution in [0.1, 0.15) is 28.0 Å². The number of rotatable bonds is 5. The van der Waals surface area contributed by atoms with Crippen LogP contribution in [0.5, 0.6) is 0 Å². The van der Waals surface area contributed by atoms with Crippen LogP contribution >= 0.6 is 0 Å². The number of nitrogens with two attached hydrogens (primary N) is 1. The maximum Gasteiger partial charge on any atom is 0.259 e. The molecule has 0 radical (unpaired) electrons. The Morgan fingerprint density at radius 2 is 2.25 bits per heavy atom. The highest BCUT2D eigenvalue weighted by molar-refractivity contribution is 6.04. The zero-order chi connectivity index (χ0) is 14.5. The predicted molar refractivity (Wildman–Crippen MR) is 79.7 cm³/mol. The van der Waals surface area contributed by atoms with Gasteiger partial charge in [0.05, 0.1) is 11.8 Å². The molecule has 0 bridgehead atoms. The number of hydrogen-bond acceptors (Lipinski definition) is 3. The monoisotopic (exact) mass is 272 g/mol. The number of benzene rings is 1. The lowest BCUT2D eigenvalue weighted by atomic mass is 10.1. The molecule has 2 aromatic rings. The van der Waals surface area contributed by atoms with Crippen LogP contribution in [0.2, 0.25) is 0 Å². The summed E-state index contributed by atoms with van der Waals surface area (Å²) < 4.78 is 1.69. The van der Waals surface area contributed by atoms with Crippen molar-refractivity contribution in [1.82, 2.24) is 9.78 Å². The van der Waals surface area contributed by atoms with Crippen molar-refractivity contribution in [3.8, 4) is 0 Å². The Labute approximate surface area is 118 Å². The molecule has 1 heterocycles. The number of anilines is 1. The van der Waals surface area contributed by atoms with Gasteiger partial charge in [-0.2, -0.15) is 5.10 Å². The van der Waals surface area contributed by atoms with Gasteiger partial charge in [0.25, 0.3) is 5.91 Å². The number of carbonyl (C=O) groups is 1. The maximum absolute atomic E-state index is 12.2. The highest BCUT2D eigenvalue weighted by Gasteiger charge is 2.12. The van der Waals surface area contributed by atoms with Crippen molar-refractivity contribution in [1.29, 1.82) is 0 Å². The van der Waals surface area contributed by atoms with Crippen molar-refractivity contribution in [3.63, 3.8) is 0 Å². The van der Waals surface area contributed by atoms with E-state index in [1.54, 1.807) is 10.9 Å². The fraction of sp³-hybridized carbons (Fsp3) is 0.333. The van der Waals surface area contributed by atoms with Crippen LogP contribution in [0.3, 0.4) is 0 Å². The molecule has 0 aliphatic heterocycles. The van der Waals surface area contributed by atoms with Crippen molar-refractivity contribution in [2.45, 2.75) is 19.8 Å². The van der Waals surface area contributed by atoms with Crippen molar-refractivity contribution in [2.24, 2.45) is 12.8 Å². The second-order valence-corrected chi connectivity index (χ2v) is 4.81. The molecule has 1 amide bonds. The van der Waals surface area contributed by atoms with E-state index in [0.29, 0.717) is 12.1 Å². The van der Waals surface area contributed by atoms with Gasteiger partial charge < -0.3 is 11.1 Å². The zero-order valence-corrected chi connectivity index (χ0v) is 11.9. The van der Waals surface area contributed by atoms with Crippen LogP contribution in [0.25, 0.3) is 0 Å². The standard InChI is InChI=1S/C15H20N4O/c1-11-14(10-17-19(11)2)15(20)18-13-7-3-5-12(9-13)6-4-8-16/h3,5,7,9-10H,4,6,8,16H2,1-2H3,(H,18,20). The molecule has 1 aromatic heterocycles. The molecular weight excluding hydrogens is 252 g/mol. The largest absolute Gasteiger partial charge is 0.330 e. The van der Waals surface area contributed by atoms with E-state index in [1.165, 1.54) is 5.56 Å². The molecule has 1 aromatic carbocycles. The third kappa shape index (κ3) is 3.24. The number of nitrogens with zero attached hydrogens (tertiary/aromatic N) is 2.